The van der Waals surface area contributed by atoms with Gasteiger partial charge in [0.1, 0.15) is 0 Å². The highest BCUT2D eigenvalue weighted by molar-refractivity contribution is 4.79. The highest BCUT2D eigenvalue weighted by atomic mass is 16.3. The highest BCUT2D eigenvalue weighted by Gasteiger charge is 2.25. The Morgan fingerprint density at radius 3 is 2.71 bits per heavy atom. The predicted molar refractivity (Wildman–Crippen MR) is 57.1 cm³/mol. The number of aliphatic hydroxyl groups is 2. The van der Waals surface area contributed by atoms with Gasteiger partial charge in [-0.05, 0) is 32.1 Å². The smallest absolute Gasteiger partial charge is 0.0664 e. The Morgan fingerprint density at radius 2 is 2.14 bits per heavy atom. The Morgan fingerprint density at radius 1 is 1.43 bits per heavy atom. The van der Waals surface area contributed by atoms with Crippen molar-refractivity contribution in [3.63, 3.8) is 0 Å². The Hall–Kier alpha value is -0.120. The quantitative estimate of drug-likeness (QED) is 0.708. The van der Waals surface area contributed by atoms with Crippen LogP contribution in [-0.2, 0) is 0 Å². The van der Waals surface area contributed by atoms with Gasteiger partial charge in [-0.15, -0.1) is 0 Å². The maximum atomic E-state index is 9.58. The maximum Gasteiger partial charge on any atom is 0.0664 e. The molecule has 0 aliphatic carbocycles. The molecule has 14 heavy (non-hydrogen) atoms. The number of hydrogen-bond donors (Lipinski definition) is 2. The molecule has 2 N–H and O–H groups in total. The fourth-order valence-corrected chi connectivity index (χ4v) is 2.07. The van der Waals surface area contributed by atoms with E-state index in [0.717, 1.165) is 32.4 Å². The van der Waals surface area contributed by atoms with Gasteiger partial charge in [0.05, 0.1) is 6.10 Å². The minimum absolute atomic E-state index is 0.213. The topological polar surface area (TPSA) is 43.7 Å². The minimum atomic E-state index is -0.213. The van der Waals surface area contributed by atoms with Gasteiger partial charge in [-0.1, -0.05) is 6.92 Å². The average molecular weight is 201 g/mol. The van der Waals surface area contributed by atoms with Crippen LogP contribution in [0, 0.1) is 5.92 Å². The molecule has 1 rings (SSSR count). The summed E-state index contributed by atoms with van der Waals surface area (Å²) in [5, 5.41) is 18.7. The van der Waals surface area contributed by atoms with Crippen molar-refractivity contribution in [1.82, 2.24) is 4.90 Å². The van der Waals surface area contributed by atoms with E-state index in [4.69, 9.17) is 5.11 Å². The molecule has 1 heterocycles. The molecule has 0 saturated carbocycles. The van der Waals surface area contributed by atoms with Crippen LogP contribution in [-0.4, -0.2) is 47.0 Å². The molecular formula is C11H23NO2. The Kier molecular flexibility index (Phi) is 4.85. The van der Waals surface area contributed by atoms with Gasteiger partial charge in [-0.25, -0.2) is 0 Å². The molecule has 0 radical (unpaired) electrons. The number of hydrogen-bond acceptors (Lipinski definition) is 3. The van der Waals surface area contributed by atoms with E-state index in [-0.39, 0.29) is 12.7 Å². The van der Waals surface area contributed by atoms with Crippen LogP contribution in [0.3, 0.4) is 0 Å². The van der Waals surface area contributed by atoms with Crippen LogP contribution in [0.5, 0.6) is 0 Å². The van der Waals surface area contributed by atoms with Crippen molar-refractivity contribution >= 4 is 0 Å². The van der Waals surface area contributed by atoms with Gasteiger partial charge < -0.3 is 10.2 Å². The van der Waals surface area contributed by atoms with E-state index in [1.54, 1.807) is 0 Å². The van der Waals surface area contributed by atoms with Crippen molar-refractivity contribution in [3.05, 3.63) is 0 Å². The molecule has 0 aromatic carbocycles. The number of likely N-dealkylation sites (tertiary alicyclic amines) is 1. The van der Waals surface area contributed by atoms with Gasteiger partial charge in [0.2, 0.25) is 0 Å². The second-order valence-corrected chi connectivity index (χ2v) is 4.49. The number of β-amino-alcohol motifs (C(OH)–C–C–N with tert-alkyl or cyclic N) is 1. The van der Waals surface area contributed by atoms with Crippen LogP contribution in [0.1, 0.15) is 33.1 Å². The van der Waals surface area contributed by atoms with E-state index in [9.17, 15) is 5.11 Å². The Balaban J connectivity index is 2.40. The minimum Gasteiger partial charge on any atom is -0.396 e. The zero-order valence-electron chi connectivity index (χ0n) is 9.32. The molecule has 1 fully saturated rings. The zero-order chi connectivity index (χ0) is 10.6. The van der Waals surface area contributed by atoms with Crippen molar-refractivity contribution in [2.75, 3.05) is 19.7 Å². The maximum absolute atomic E-state index is 9.58. The van der Waals surface area contributed by atoms with Crippen LogP contribution in [0.15, 0.2) is 0 Å². The first kappa shape index (κ1) is 12.0. The van der Waals surface area contributed by atoms with Gasteiger partial charge in [0.15, 0.2) is 0 Å². The van der Waals surface area contributed by atoms with E-state index in [1.165, 1.54) is 0 Å². The first-order chi connectivity index (χ1) is 6.67. The summed E-state index contributed by atoms with van der Waals surface area (Å²) >= 11 is 0. The molecule has 0 aromatic heterocycles. The van der Waals surface area contributed by atoms with Crippen molar-refractivity contribution in [2.45, 2.75) is 45.3 Å². The summed E-state index contributed by atoms with van der Waals surface area (Å²) in [7, 11) is 0. The number of piperidine rings is 1. The lowest BCUT2D eigenvalue weighted by Gasteiger charge is -2.38. The van der Waals surface area contributed by atoms with E-state index in [0.29, 0.717) is 12.0 Å². The lowest BCUT2D eigenvalue weighted by molar-refractivity contribution is 0.0376. The fraction of sp³-hybridized carbons (Fsp3) is 1.00. The summed E-state index contributed by atoms with van der Waals surface area (Å²) in [6, 6.07) is 0.555. The molecule has 0 spiro atoms. The second kappa shape index (κ2) is 5.69. The highest BCUT2D eigenvalue weighted by Crippen LogP contribution is 2.21. The molecule has 1 saturated heterocycles. The van der Waals surface area contributed by atoms with Crippen LogP contribution in [0.25, 0.3) is 0 Å². The Bertz CT molecular complexity index is 161. The molecule has 3 heteroatoms. The third kappa shape index (κ3) is 3.23. The molecule has 0 aromatic rings. The third-order valence-electron chi connectivity index (χ3n) is 3.28. The van der Waals surface area contributed by atoms with Gasteiger partial charge >= 0.3 is 0 Å². The number of rotatable bonds is 4. The second-order valence-electron chi connectivity index (χ2n) is 4.49. The lowest BCUT2D eigenvalue weighted by atomic mass is 9.94. The largest absolute Gasteiger partial charge is 0.396 e. The van der Waals surface area contributed by atoms with E-state index in [1.807, 2.05) is 6.92 Å². The molecule has 3 nitrogen and oxygen atoms in total. The summed E-state index contributed by atoms with van der Waals surface area (Å²) in [6.45, 7) is 6.19. The van der Waals surface area contributed by atoms with E-state index < -0.39 is 0 Å². The molecule has 1 aliphatic rings. The van der Waals surface area contributed by atoms with Crippen LogP contribution < -0.4 is 0 Å². The van der Waals surface area contributed by atoms with Crippen molar-refractivity contribution < 1.29 is 10.2 Å². The summed E-state index contributed by atoms with van der Waals surface area (Å²) in [6.07, 6.45) is 2.86. The standard InChI is InChI=1S/C11H23NO2/c1-3-11(14)7-12-6-10(8-13)5-4-9(12)2/h9-11,13-14H,3-8H2,1-2H3/t9-,10-,11+/m1/s1. The molecule has 1 aliphatic heterocycles. The summed E-state index contributed by atoms with van der Waals surface area (Å²) in [5.41, 5.74) is 0. The van der Waals surface area contributed by atoms with Gasteiger partial charge in [-0.3, -0.25) is 4.90 Å². The monoisotopic (exact) mass is 201 g/mol. The summed E-state index contributed by atoms with van der Waals surface area (Å²) < 4.78 is 0. The fourth-order valence-electron chi connectivity index (χ4n) is 2.07. The summed E-state index contributed by atoms with van der Waals surface area (Å²) in [4.78, 5) is 2.30. The molecule has 3 atom stereocenters. The molecule has 84 valence electrons. The lowest BCUT2D eigenvalue weighted by Crippen LogP contribution is -2.46. The summed E-state index contributed by atoms with van der Waals surface area (Å²) in [5.74, 6) is 0.412. The van der Waals surface area contributed by atoms with Crippen LogP contribution in [0.4, 0.5) is 0 Å². The van der Waals surface area contributed by atoms with Gasteiger partial charge in [0.25, 0.3) is 0 Å². The number of nitrogens with zero attached hydrogens (tertiary/aromatic N) is 1. The van der Waals surface area contributed by atoms with Crippen molar-refractivity contribution in [2.24, 2.45) is 5.92 Å². The average Bonchev–Trinajstić information content (AvgIpc) is 2.21. The van der Waals surface area contributed by atoms with Crippen LogP contribution in [0.2, 0.25) is 0 Å². The molecular weight excluding hydrogens is 178 g/mol. The van der Waals surface area contributed by atoms with Crippen molar-refractivity contribution in [3.8, 4) is 0 Å². The molecule has 0 amide bonds. The first-order valence-electron chi connectivity index (χ1n) is 5.70. The predicted octanol–water partition coefficient (Wildman–Crippen LogP) is 0.850. The zero-order valence-corrected chi connectivity index (χ0v) is 9.32. The molecule has 0 unspecified atom stereocenters. The van der Waals surface area contributed by atoms with Gasteiger partial charge in [0, 0.05) is 25.7 Å². The first-order valence-corrected chi connectivity index (χ1v) is 5.70. The van der Waals surface area contributed by atoms with Crippen LogP contribution >= 0.6 is 0 Å². The molecule has 0 bridgehead atoms. The van der Waals surface area contributed by atoms with Crippen molar-refractivity contribution in [1.29, 1.82) is 0 Å². The normalized spacial score (nSPS) is 31.7. The van der Waals surface area contributed by atoms with E-state index in [2.05, 4.69) is 11.8 Å². The Labute approximate surface area is 86.7 Å². The third-order valence-corrected chi connectivity index (χ3v) is 3.28. The van der Waals surface area contributed by atoms with Gasteiger partial charge in [-0.2, -0.15) is 0 Å². The van der Waals surface area contributed by atoms with E-state index >= 15 is 0 Å². The number of aliphatic hydroxyl groups excluding tert-OH is 2. The SMILES string of the molecule is CC[C@H](O)CN1C[C@H](CO)CC[C@H]1C.